The maximum atomic E-state index is 9.37. The fourth-order valence-electron chi connectivity index (χ4n) is 0.951. The Hall–Kier alpha value is -0.160. The molecule has 0 aromatic carbocycles. The average molecular weight is 178 g/mol. The third-order valence-electron chi connectivity index (χ3n) is 1.89. The van der Waals surface area contributed by atoms with Gasteiger partial charge in [0.25, 0.3) is 0 Å². The first-order chi connectivity index (χ1) is 5.68. The highest BCUT2D eigenvalue weighted by molar-refractivity contribution is 4.75. The highest BCUT2D eigenvalue weighted by Crippen LogP contribution is 2.13. The summed E-state index contributed by atoms with van der Waals surface area (Å²) < 4.78 is 0. The van der Waals surface area contributed by atoms with E-state index < -0.39 is 18.8 Å². The molecule has 4 heteroatoms. The van der Waals surface area contributed by atoms with Gasteiger partial charge in [0.05, 0.1) is 13.2 Å². The third kappa shape index (κ3) is 4.66. The Labute approximate surface area is 72.5 Å². The summed E-state index contributed by atoms with van der Waals surface area (Å²) in [7, 11) is 0. The second kappa shape index (κ2) is 6.37. The monoisotopic (exact) mass is 178 g/mol. The number of aliphatic hydroxyl groups is 4. The minimum absolute atomic E-state index is 0.149. The predicted octanol–water partition coefficient (Wildman–Crippen LogP) is -0.745. The van der Waals surface area contributed by atoms with E-state index in [9.17, 15) is 5.11 Å². The summed E-state index contributed by atoms with van der Waals surface area (Å²) in [6.45, 7) is -0.679. The minimum Gasteiger partial charge on any atom is -0.396 e. The van der Waals surface area contributed by atoms with Gasteiger partial charge in [-0.1, -0.05) is 12.8 Å². The van der Waals surface area contributed by atoms with Crippen molar-refractivity contribution in [2.45, 2.75) is 31.3 Å². The largest absolute Gasteiger partial charge is 0.396 e. The normalized spacial score (nSPS) is 12.0. The van der Waals surface area contributed by atoms with Crippen molar-refractivity contribution < 1.29 is 20.4 Å². The average Bonchev–Trinajstić information content (AvgIpc) is 2.12. The second-order valence-corrected chi connectivity index (χ2v) is 3.07. The van der Waals surface area contributed by atoms with Crippen LogP contribution in [-0.2, 0) is 0 Å². The van der Waals surface area contributed by atoms with Crippen molar-refractivity contribution in [3.05, 3.63) is 0 Å². The topological polar surface area (TPSA) is 80.9 Å². The zero-order valence-corrected chi connectivity index (χ0v) is 7.24. The number of rotatable bonds is 7. The van der Waals surface area contributed by atoms with E-state index in [1.54, 1.807) is 0 Å². The third-order valence-corrected chi connectivity index (χ3v) is 1.89. The van der Waals surface area contributed by atoms with Gasteiger partial charge >= 0.3 is 0 Å². The Kier molecular flexibility index (Phi) is 6.28. The van der Waals surface area contributed by atoms with E-state index in [1.165, 1.54) is 0 Å². The fraction of sp³-hybridized carbons (Fsp3) is 1.00. The predicted molar refractivity (Wildman–Crippen MR) is 44.7 cm³/mol. The smallest absolute Gasteiger partial charge is 0.111 e. The van der Waals surface area contributed by atoms with Crippen molar-refractivity contribution >= 4 is 0 Å². The first-order valence-corrected chi connectivity index (χ1v) is 4.23. The lowest BCUT2D eigenvalue weighted by atomic mass is 9.98. The van der Waals surface area contributed by atoms with Crippen molar-refractivity contribution in [3.63, 3.8) is 0 Å². The van der Waals surface area contributed by atoms with E-state index in [-0.39, 0.29) is 6.61 Å². The van der Waals surface area contributed by atoms with Crippen LogP contribution in [-0.4, -0.2) is 45.8 Å². The van der Waals surface area contributed by atoms with Crippen LogP contribution < -0.4 is 0 Å². The molecular weight excluding hydrogens is 160 g/mol. The Balaban J connectivity index is 3.45. The molecule has 0 spiro atoms. The summed E-state index contributed by atoms with van der Waals surface area (Å²) in [6, 6.07) is 0. The molecule has 0 bridgehead atoms. The quantitative estimate of drug-likeness (QED) is 0.387. The van der Waals surface area contributed by atoms with Crippen LogP contribution in [0.3, 0.4) is 0 Å². The molecule has 0 fully saturated rings. The van der Waals surface area contributed by atoms with Crippen molar-refractivity contribution in [1.82, 2.24) is 0 Å². The maximum Gasteiger partial charge on any atom is 0.111 e. The summed E-state index contributed by atoms with van der Waals surface area (Å²) in [6.07, 6.45) is 2.59. The first-order valence-electron chi connectivity index (χ1n) is 4.23. The SMILES string of the molecule is OCCCCCC(O)(CO)CO. The standard InChI is InChI=1S/C8H18O4/c9-5-3-1-2-4-8(12,6-10)7-11/h9-12H,1-7H2. The molecule has 0 rings (SSSR count). The Bertz CT molecular complexity index is 101. The zero-order chi connectivity index (χ0) is 9.45. The Morgan fingerprint density at radius 2 is 1.42 bits per heavy atom. The fourth-order valence-corrected chi connectivity index (χ4v) is 0.951. The van der Waals surface area contributed by atoms with E-state index >= 15 is 0 Å². The van der Waals surface area contributed by atoms with E-state index in [4.69, 9.17) is 15.3 Å². The molecule has 0 aromatic rings. The lowest BCUT2D eigenvalue weighted by molar-refractivity contribution is -0.0617. The molecule has 4 N–H and O–H groups in total. The summed E-state index contributed by atoms with van der Waals surface area (Å²) in [5.41, 5.74) is -1.34. The van der Waals surface area contributed by atoms with Crippen LogP contribution in [0.2, 0.25) is 0 Å². The molecule has 0 saturated heterocycles. The molecule has 0 aliphatic carbocycles. The van der Waals surface area contributed by atoms with Gasteiger partial charge in [-0.25, -0.2) is 0 Å². The van der Waals surface area contributed by atoms with Crippen LogP contribution in [0.25, 0.3) is 0 Å². The van der Waals surface area contributed by atoms with Crippen LogP contribution >= 0.6 is 0 Å². The molecule has 0 aromatic heterocycles. The van der Waals surface area contributed by atoms with Crippen molar-refractivity contribution in [1.29, 1.82) is 0 Å². The van der Waals surface area contributed by atoms with Gasteiger partial charge in [-0.05, 0) is 12.8 Å². The molecule has 74 valence electrons. The van der Waals surface area contributed by atoms with Gasteiger partial charge in [-0.15, -0.1) is 0 Å². The molecule has 0 amide bonds. The number of hydrogen-bond acceptors (Lipinski definition) is 4. The molecule has 0 heterocycles. The molecule has 0 atom stereocenters. The summed E-state index contributed by atoms with van der Waals surface area (Å²) >= 11 is 0. The molecule has 0 radical (unpaired) electrons. The van der Waals surface area contributed by atoms with Crippen molar-refractivity contribution in [3.8, 4) is 0 Å². The lowest BCUT2D eigenvalue weighted by Gasteiger charge is -2.22. The van der Waals surface area contributed by atoms with Crippen molar-refractivity contribution in [2.75, 3.05) is 19.8 Å². The lowest BCUT2D eigenvalue weighted by Crippen LogP contribution is -2.37. The van der Waals surface area contributed by atoms with Gasteiger partial charge in [0.1, 0.15) is 5.60 Å². The first kappa shape index (κ1) is 11.8. The molecule has 12 heavy (non-hydrogen) atoms. The van der Waals surface area contributed by atoms with Crippen LogP contribution in [0.5, 0.6) is 0 Å². The van der Waals surface area contributed by atoms with E-state index in [1.807, 2.05) is 0 Å². The molecular formula is C8H18O4. The van der Waals surface area contributed by atoms with Gasteiger partial charge in [-0.2, -0.15) is 0 Å². The Morgan fingerprint density at radius 3 is 1.83 bits per heavy atom. The molecule has 4 nitrogen and oxygen atoms in total. The maximum absolute atomic E-state index is 9.37. The number of hydrogen-bond donors (Lipinski definition) is 4. The second-order valence-electron chi connectivity index (χ2n) is 3.07. The molecule has 0 unspecified atom stereocenters. The van der Waals surface area contributed by atoms with Gasteiger partial charge in [0.15, 0.2) is 0 Å². The van der Waals surface area contributed by atoms with Gasteiger partial charge in [-0.3, -0.25) is 0 Å². The van der Waals surface area contributed by atoms with Crippen molar-refractivity contribution in [2.24, 2.45) is 0 Å². The highest BCUT2D eigenvalue weighted by atomic mass is 16.4. The molecule has 0 aliphatic heterocycles. The van der Waals surface area contributed by atoms with Crippen LogP contribution in [0.4, 0.5) is 0 Å². The minimum atomic E-state index is -1.34. The highest BCUT2D eigenvalue weighted by Gasteiger charge is 2.23. The summed E-state index contributed by atoms with van der Waals surface area (Å²) in [5, 5.41) is 35.2. The van der Waals surface area contributed by atoms with Crippen LogP contribution in [0, 0.1) is 0 Å². The number of aliphatic hydroxyl groups excluding tert-OH is 3. The number of unbranched alkanes of at least 4 members (excludes halogenated alkanes) is 2. The molecule has 0 saturated carbocycles. The Morgan fingerprint density at radius 1 is 0.833 bits per heavy atom. The van der Waals surface area contributed by atoms with Crippen LogP contribution in [0.15, 0.2) is 0 Å². The summed E-state index contributed by atoms with van der Waals surface area (Å²) in [5.74, 6) is 0. The van der Waals surface area contributed by atoms with Crippen LogP contribution in [0.1, 0.15) is 25.7 Å². The van der Waals surface area contributed by atoms with Gasteiger partial charge < -0.3 is 20.4 Å². The van der Waals surface area contributed by atoms with Gasteiger partial charge in [0.2, 0.25) is 0 Å². The van der Waals surface area contributed by atoms with Gasteiger partial charge in [0, 0.05) is 6.61 Å². The zero-order valence-electron chi connectivity index (χ0n) is 7.24. The van der Waals surface area contributed by atoms with E-state index in [0.717, 1.165) is 6.42 Å². The summed E-state index contributed by atoms with van der Waals surface area (Å²) in [4.78, 5) is 0. The van der Waals surface area contributed by atoms with E-state index in [2.05, 4.69) is 0 Å². The van der Waals surface area contributed by atoms with E-state index in [0.29, 0.717) is 19.3 Å². The molecule has 0 aliphatic rings.